The van der Waals surface area contributed by atoms with Gasteiger partial charge in [0.1, 0.15) is 11.5 Å². The van der Waals surface area contributed by atoms with E-state index < -0.39 is 21.4 Å². The lowest BCUT2D eigenvalue weighted by Crippen LogP contribution is -2.36. The average molecular weight is 630 g/mol. The predicted molar refractivity (Wildman–Crippen MR) is 165 cm³/mol. The summed E-state index contributed by atoms with van der Waals surface area (Å²) < 4.78 is 50.4. The SMILES string of the molecule is CCn1c(=O)c(-c2cc(NS(=O)(=O)c3cc(Cl)cnc3OC)ccc2F)cc2cnc(NC3CCC(N(C)C)CC3)nc21. The molecule has 2 N–H and O–H groups in total. The number of anilines is 2. The molecule has 4 aromatic rings. The zero-order chi connectivity index (χ0) is 30.9. The maximum atomic E-state index is 15.2. The summed E-state index contributed by atoms with van der Waals surface area (Å²) in [7, 11) is 1.25. The smallest absolute Gasteiger partial charge is 0.267 e. The summed E-state index contributed by atoms with van der Waals surface area (Å²) in [5.41, 5.74) is -0.0494. The van der Waals surface area contributed by atoms with Gasteiger partial charge < -0.3 is 15.0 Å². The topological polar surface area (TPSA) is 131 Å². The van der Waals surface area contributed by atoms with Gasteiger partial charge in [-0.05, 0) is 77.0 Å². The number of ether oxygens (including phenoxy) is 1. The predicted octanol–water partition coefficient (Wildman–Crippen LogP) is 4.76. The zero-order valence-electron chi connectivity index (χ0n) is 24.3. The van der Waals surface area contributed by atoms with Gasteiger partial charge in [-0.1, -0.05) is 11.6 Å². The summed E-state index contributed by atoms with van der Waals surface area (Å²) in [6.07, 6.45) is 6.99. The number of hydrogen-bond acceptors (Lipinski definition) is 9. The van der Waals surface area contributed by atoms with Gasteiger partial charge in [-0.3, -0.25) is 14.1 Å². The van der Waals surface area contributed by atoms with Gasteiger partial charge in [0.25, 0.3) is 15.6 Å². The van der Waals surface area contributed by atoms with Crippen LogP contribution in [-0.2, 0) is 16.6 Å². The number of aryl methyl sites for hydroxylation is 1. The van der Waals surface area contributed by atoms with Crippen LogP contribution in [0.25, 0.3) is 22.2 Å². The Balaban J connectivity index is 1.47. The van der Waals surface area contributed by atoms with E-state index >= 15 is 4.39 Å². The van der Waals surface area contributed by atoms with Crippen LogP contribution in [0.2, 0.25) is 5.02 Å². The Bertz CT molecular complexity index is 1830. The molecule has 14 heteroatoms. The Labute approximate surface area is 254 Å². The first kappa shape index (κ1) is 30.6. The second-order valence-electron chi connectivity index (χ2n) is 10.7. The van der Waals surface area contributed by atoms with E-state index in [2.05, 4.69) is 44.0 Å². The molecule has 0 bridgehead atoms. The van der Waals surface area contributed by atoms with Crippen molar-refractivity contribution in [2.24, 2.45) is 0 Å². The van der Waals surface area contributed by atoms with Crippen LogP contribution in [0.3, 0.4) is 0 Å². The first-order valence-corrected chi connectivity index (χ1v) is 15.7. The summed E-state index contributed by atoms with van der Waals surface area (Å²) in [6, 6.07) is 7.13. The fourth-order valence-corrected chi connectivity index (χ4v) is 6.81. The van der Waals surface area contributed by atoms with Gasteiger partial charge in [-0.25, -0.2) is 22.8 Å². The van der Waals surface area contributed by atoms with E-state index in [1.165, 1.54) is 42.1 Å². The van der Waals surface area contributed by atoms with Crippen LogP contribution in [0.1, 0.15) is 32.6 Å². The van der Waals surface area contributed by atoms with Crippen molar-refractivity contribution in [1.82, 2.24) is 24.4 Å². The van der Waals surface area contributed by atoms with Gasteiger partial charge in [0, 0.05) is 47.7 Å². The molecule has 1 aliphatic carbocycles. The molecule has 3 aromatic heterocycles. The van der Waals surface area contributed by atoms with E-state index in [0.29, 0.717) is 23.0 Å². The molecule has 228 valence electrons. The molecule has 1 aromatic carbocycles. The highest BCUT2D eigenvalue weighted by molar-refractivity contribution is 7.92. The highest BCUT2D eigenvalue weighted by atomic mass is 35.5. The highest BCUT2D eigenvalue weighted by Gasteiger charge is 2.25. The monoisotopic (exact) mass is 629 g/mol. The number of hydrogen-bond donors (Lipinski definition) is 2. The van der Waals surface area contributed by atoms with Crippen LogP contribution in [0.4, 0.5) is 16.0 Å². The lowest BCUT2D eigenvalue weighted by Gasteiger charge is -2.32. The molecule has 11 nitrogen and oxygen atoms in total. The zero-order valence-corrected chi connectivity index (χ0v) is 25.8. The van der Waals surface area contributed by atoms with Gasteiger partial charge in [0.05, 0.1) is 17.7 Å². The van der Waals surface area contributed by atoms with Crippen molar-refractivity contribution < 1.29 is 17.5 Å². The summed E-state index contributed by atoms with van der Waals surface area (Å²) in [5, 5.41) is 4.04. The molecule has 43 heavy (non-hydrogen) atoms. The molecule has 0 unspecified atom stereocenters. The Morgan fingerprint density at radius 3 is 2.51 bits per heavy atom. The van der Waals surface area contributed by atoms with E-state index in [1.54, 1.807) is 13.1 Å². The molecule has 1 saturated carbocycles. The molecular formula is C29H33ClFN7O4S. The average Bonchev–Trinajstić information content (AvgIpc) is 2.98. The standard InChI is InChI=1S/C29H33ClFN7O4S/c1-5-38-26-17(15-33-29(35-26)34-19-6-9-21(10-7-19)37(2)3)12-23(28(38)39)22-14-20(8-11-24(22)31)36-43(40,41)25-13-18(30)16-32-27(25)42-4/h8,11-16,19,21,36H,5-7,9-10H2,1-4H3,(H,33,34,35). The molecule has 5 rings (SSSR count). The minimum Gasteiger partial charge on any atom is -0.480 e. The Hall–Kier alpha value is -3.81. The minimum atomic E-state index is -4.23. The number of aromatic nitrogens is 4. The summed E-state index contributed by atoms with van der Waals surface area (Å²) in [6.45, 7) is 2.08. The lowest BCUT2D eigenvalue weighted by molar-refractivity contribution is 0.221. The van der Waals surface area contributed by atoms with E-state index in [9.17, 15) is 13.2 Å². The fraction of sp³-hybridized carbons (Fsp3) is 0.379. The third-order valence-electron chi connectivity index (χ3n) is 7.68. The van der Waals surface area contributed by atoms with Gasteiger partial charge in [0.15, 0.2) is 4.90 Å². The number of halogens is 2. The maximum absolute atomic E-state index is 15.2. The Morgan fingerprint density at radius 1 is 1.09 bits per heavy atom. The van der Waals surface area contributed by atoms with Crippen LogP contribution in [0.15, 0.2) is 52.4 Å². The number of sulfonamides is 1. The van der Waals surface area contributed by atoms with Crippen molar-refractivity contribution in [3.05, 3.63) is 63.9 Å². The molecule has 1 aliphatic rings. The minimum absolute atomic E-state index is 0.0285. The summed E-state index contributed by atoms with van der Waals surface area (Å²) in [5.74, 6) is -0.421. The summed E-state index contributed by atoms with van der Waals surface area (Å²) >= 11 is 5.96. The van der Waals surface area contributed by atoms with Crippen molar-refractivity contribution in [1.29, 1.82) is 0 Å². The molecule has 0 aliphatic heterocycles. The first-order chi connectivity index (χ1) is 20.5. The third kappa shape index (κ3) is 6.43. The van der Waals surface area contributed by atoms with Crippen LogP contribution < -0.4 is 20.3 Å². The van der Waals surface area contributed by atoms with Crippen LogP contribution >= 0.6 is 11.6 Å². The van der Waals surface area contributed by atoms with E-state index in [-0.39, 0.29) is 45.2 Å². The number of nitrogens with one attached hydrogen (secondary N) is 2. The number of benzene rings is 1. The maximum Gasteiger partial charge on any atom is 0.267 e. The number of methoxy groups -OCH3 is 1. The normalized spacial score (nSPS) is 17.3. The van der Waals surface area contributed by atoms with E-state index in [4.69, 9.17) is 16.3 Å². The number of pyridine rings is 2. The number of fused-ring (bicyclic) bond motifs is 1. The second-order valence-corrected chi connectivity index (χ2v) is 12.7. The Kier molecular flexibility index (Phi) is 8.86. The lowest BCUT2D eigenvalue weighted by atomic mass is 9.91. The van der Waals surface area contributed by atoms with Gasteiger partial charge in [-0.2, -0.15) is 4.98 Å². The van der Waals surface area contributed by atoms with Crippen molar-refractivity contribution >= 4 is 44.3 Å². The number of nitrogens with zero attached hydrogens (tertiary/aromatic N) is 5. The first-order valence-electron chi connectivity index (χ1n) is 13.9. The molecule has 0 spiro atoms. The van der Waals surface area contributed by atoms with Crippen molar-refractivity contribution in [2.45, 2.75) is 56.1 Å². The molecule has 0 radical (unpaired) electrons. The largest absolute Gasteiger partial charge is 0.480 e. The molecule has 1 fully saturated rings. The van der Waals surface area contributed by atoms with Gasteiger partial charge >= 0.3 is 0 Å². The molecule has 0 saturated heterocycles. The summed E-state index contributed by atoms with van der Waals surface area (Å²) in [4.78, 5) is 28.6. The van der Waals surface area contributed by atoms with E-state index in [0.717, 1.165) is 31.7 Å². The van der Waals surface area contributed by atoms with Crippen molar-refractivity contribution in [2.75, 3.05) is 31.2 Å². The highest BCUT2D eigenvalue weighted by Crippen LogP contribution is 2.30. The van der Waals surface area contributed by atoms with Crippen molar-refractivity contribution in [3.63, 3.8) is 0 Å². The fourth-order valence-electron chi connectivity index (χ4n) is 5.39. The van der Waals surface area contributed by atoms with Crippen LogP contribution in [0.5, 0.6) is 5.88 Å². The number of rotatable bonds is 9. The van der Waals surface area contributed by atoms with Crippen LogP contribution in [-0.4, -0.2) is 66.1 Å². The molecule has 0 atom stereocenters. The van der Waals surface area contributed by atoms with Crippen LogP contribution in [0, 0.1) is 5.82 Å². The van der Waals surface area contributed by atoms with Gasteiger partial charge in [0.2, 0.25) is 11.8 Å². The van der Waals surface area contributed by atoms with Gasteiger partial charge in [-0.15, -0.1) is 0 Å². The van der Waals surface area contributed by atoms with E-state index in [1.807, 2.05) is 0 Å². The van der Waals surface area contributed by atoms with Crippen molar-refractivity contribution in [3.8, 4) is 17.0 Å². The third-order valence-corrected chi connectivity index (χ3v) is 9.26. The second kappa shape index (κ2) is 12.4. The Morgan fingerprint density at radius 2 is 1.84 bits per heavy atom. The quantitative estimate of drug-likeness (QED) is 0.269. The molecule has 3 heterocycles. The molecular weight excluding hydrogens is 597 g/mol. The molecule has 0 amide bonds.